The van der Waals surface area contributed by atoms with Crippen LogP contribution in [0.1, 0.15) is 136 Å². The van der Waals surface area contributed by atoms with Gasteiger partial charge in [-0.1, -0.05) is 117 Å². The van der Waals surface area contributed by atoms with Crippen molar-refractivity contribution in [1.82, 2.24) is 0 Å². The zero-order chi connectivity index (χ0) is 22.3. The Balaban J connectivity index is 4.23. The van der Waals surface area contributed by atoms with E-state index in [1.54, 1.807) is 0 Å². The maximum Gasteiger partial charge on any atom is 0.320 e. The molecule has 0 aliphatic heterocycles. The lowest BCUT2D eigenvalue weighted by Crippen LogP contribution is -2.28. The molecule has 178 valence electrons. The lowest BCUT2D eigenvalue weighted by atomic mass is 10.0. The summed E-state index contributed by atoms with van der Waals surface area (Å²) < 4.78 is 10.9. The molecule has 0 amide bonds. The molecule has 30 heavy (non-hydrogen) atoms. The van der Waals surface area contributed by atoms with Crippen LogP contribution in [0, 0.1) is 5.92 Å². The summed E-state index contributed by atoms with van der Waals surface area (Å²) in [6.07, 6.45) is 19.8. The largest absolute Gasteiger partial charge is 0.465 e. The number of carbonyl (C=O) groups excluding carboxylic acids is 2. The number of hydrogen-bond donors (Lipinski definition) is 0. The molecule has 0 spiro atoms. The molecular weight excluding hydrogens is 376 g/mol. The lowest BCUT2D eigenvalue weighted by molar-refractivity contribution is -0.162. The van der Waals surface area contributed by atoms with Gasteiger partial charge >= 0.3 is 11.9 Å². The molecule has 0 heterocycles. The normalized spacial score (nSPS) is 11.1. The molecule has 0 atom stereocenters. The highest BCUT2D eigenvalue weighted by atomic mass is 16.6. The Hall–Kier alpha value is -1.06. The second-order valence-corrected chi connectivity index (χ2v) is 8.63. The number of carbonyl (C=O) groups is 2. The third-order valence-corrected chi connectivity index (χ3v) is 5.65. The molecule has 0 unspecified atom stereocenters. The predicted molar refractivity (Wildman–Crippen MR) is 126 cm³/mol. The van der Waals surface area contributed by atoms with Crippen LogP contribution in [0.3, 0.4) is 0 Å². The van der Waals surface area contributed by atoms with Crippen molar-refractivity contribution in [3.05, 3.63) is 0 Å². The van der Waals surface area contributed by atoms with E-state index in [0.717, 1.165) is 44.9 Å². The molecule has 0 aromatic carbocycles. The monoisotopic (exact) mass is 426 g/mol. The highest BCUT2D eigenvalue weighted by Crippen LogP contribution is 2.16. The summed E-state index contributed by atoms with van der Waals surface area (Å²) in [5.74, 6) is -1.51. The lowest BCUT2D eigenvalue weighted by Gasteiger charge is -2.15. The average molecular weight is 427 g/mol. The third-order valence-electron chi connectivity index (χ3n) is 5.65. The fraction of sp³-hybridized carbons (Fsp3) is 0.923. The van der Waals surface area contributed by atoms with Gasteiger partial charge in [0.05, 0.1) is 13.2 Å². The Morgan fingerprint density at radius 3 is 1.23 bits per heavy atom. The number of esters is 2. The minimum Gasteiger partial charge on any atom is -0.465 e. The van der Waals surface area contributed by atoms with Crippen LogP contribution in [-0.2, 0) is 19.1 Å². The fourth-order valence-electron chi connectivity index (χ4n) is 3.60. The van der Waals surface area contributed by atoms with E-state index in [9.17, 15) is 9.59 Å². The van der Waals surface area contributed by atoms with Gasteiger partial charge in [-0.2, -0.15) is 0 Å². The summed E-state index contributed by atoms with van der Waals surface area (Å²) >= 11 is 0. The smallest absolute Gasteiger partial charge is 0.320 e. The van der Waals surface area contributed by atoms with E-state index in [2.05, 4.69) is 20.8 Å². The number of hydrogen-bond acceptors (Lipinski definition) is 4. The minimum absolute atomic E-state index is 0.382. The number of ether oxygens (including phenoxy) is 2. The molecule has 0 aliphatic rings. The Labute approximate surface area is 186 Å². The number of unbranched alkanes of at least 4 members (excludes halogenated alkanes) is 14. The summed E-state index contributed by atoms with van der Waals surface area (Å²) in [4.78, 5) is 25.0. The van der Waals surface area contributed by atoms with E-state index in [-0.39, 0.29) is 11.9 Å². The second kappa shape index (κ2) is 22.6. The standard InChI is InChI=1S/C26H50O4/c1-4-7-10-13-16-19-22-29-25(27)24(21-18-15-12-9-6-3)26(28)30-23-20-17-14-11-8-5-2/h24H,4-23H2,1-3H3. The van der Waals surface area contributed by atoms with Crippen molar-refractivity contribution in [1.29, 1.82) is 0 Å². The Morgan fingerprint density at radius 2 is 0.833 bits per heavy atom. The molecule has 4 heteroatoms. The van der Waals surface area contributed by atoms with Crippen LogP contribution < -0.4 is 0 Å². The van der Waals surface area contributed by atoms with Gasteiger partial charge in [0.25, 0.3) is 0 Å². The Morgan fingerprint density at radius 1 is 0.500 bits per heavy atom. The third kappa shape index (κ3) is 17.8. The van der Waals surface area contributed by atoms with E-state index >= 15 is 0 Å². The van der Waals surface area contributed by atoms with Crippen molar-refractivity contribution in [2.45, 2.75) is 136 Å². The van der Waals surface area contributed by atoms with Gasteiger partial charge in [0.2, 0.25) is 0 Å². The highest BCUT2D eigenvalue weighted by Gasteiger charge is 2.29. The highest BCUT2D eigenvalue weighted by molar-refractivity contribution is 5.94. The molecule has 0 saturated heterocycles. The van der Waals surface area contributed by atoms with Crippen LogP contribution in [-0.4, -0.2) is 25.2 Å². The predicted octanol–water partition coefficient (Wildman–Crippen LogP) is 7.77. The first kappa shape index (κ1) is 28.9. The molecule has 0 aromatic rings. The van der Waals surface area contributed by atoms with Crippen LogP contribution >= 0.6 is 0 Å². The summed E-state index contributed by atoms with van der Waals surface area (Å²) in [6.45, 7) is 7.43. The van der Waals surface area contributed by atoms with Gasteiger partial charge in [-0.15, -0.1) is 0 Å². The molecule has 0 aromatic heterocycles. The average Bonchev–Trinajstić information content (AvgIpc) is 2.74. The second-order valence-electron chi connectivity index (χ2n) is 8.63. The Bertz CT molecular complexity index is 364. The summed E-state index contributed by atoms with van der Waals surface area (Å²) in [6, 6.07) is 0. The van der Waals surface area contributed by atoms with Crippen molar-refractivity contribution in [2.75, 3.05) is 13.2 Å². The van der Waals surface area contributed by atoms with Crippen molar-refractivity contribution in [2.24, 2.45) is 5.92 Å². The molecule has 0 saturated carbocycles. The molecule has 0 N–H and O–H groups in total. The SMILES string of the molecule is CCCCCCCCOC(=O)C(CCCCCCC)C(=O)OCCCCCCCC. The van der Waals surface area contributed by atoms with Crippen molar-refractivity contribution >= 4 is 11.9 Å². The molecule has 0 bridgehead atoms. The van der Waals surface area contributed by atoms with Gasteiger partial charge in [-0.05, 0) is 19.3 Å². The Kier molecular flexibility index (Phi) is 21.8. The van der Waals surface area contributed by atoms with Crippen molar-refractivity contribution in [3.8, 4) is 0 Å². The fourth-order valence-corrected chi connectivity index (χ4v) is 3.60. The van der Waals surface area contributed by atoms with Crippen LogP contribution in [0.25, 0.3) is 0 Å². The van der Waals surface area contributed by atoms with Gasteiger partial charge in [0.1, 0.15) is 0 Å². The van der Waals surface area contributed by atoms with Crippen molar-refractivity contribution < 1.29 is 19.1 Å². The van der Waals surface area contributed by atoms with E-state index < -0.39 is 5.92 Å². The summed E-state index contributed by atoms with van der Waals surface area (Å²) in [5, 5.41) is 0. The first-order chi connectivity index (χ1) is 14.7. The maximum atomic E-state index is 12.5. The topological polar surface area (TPSA) is 52.6 Å². The first-order valence-electron chi connectivity index (χ1n) is 13.0. The van der Waals surface area contributed by atoms with Crippen LogP contribution in [0.15, 0.2) is 0 Å². The quantitative estimate of drug-likeness (QED) is 0.101. The molecular formula is C26H50O4. The van der Waals surface area contributed by atoms with E-state index in [1.807, 2.05) is 0 Å². The molecule has 0 radical (unpaired) electrons. The van der Waals surface area contributed by atoms with Gasteiger partial charge in [-0.3, -0.25) is 9.59 Å². The van der Waals surface area contributed by atoms with E-state index in [0.29, 0.717) is 19.6 Å². The maximum absolute atomic E-state index is 12.5. The molecule has 0 fully saturated rings. The van der Waals surface area contributed by atoms with E-state index in [4.69, 9.17) is 9.47 Å². The molecule has 0 aliphatic carbocycles. The first-order valence-corrected chi connectivity index (χ1v) is 13.0. The van der Waals surface area contributed by atoms with Crippen LogP contribution in [0.4, 0.5) is 0 Å². The molecule has 0 rings (SSSR count). The molecule has 4 nitrogen and oxygen atoms in total. The number of rotatable bonds is 22. The van der Waals surface area contributed by atoms with Crippen molar-refractivity contribution in [3.63, 3.8) is 0 Å². The van der Waals surface area contributed by atoms with Gasteiger partial charge < -0.3 is 9.47 Å². The van der Waals surface area contributed by atoms with Gasteiger partial charge in [0, 0.05) is 0 Å². The van der Waals surface area contributed by atoms with Gasteiger partial charge in [0.15, 0.2) is 5.92 Å². The zero-order valence-corrected chi connectivity index (χ0v) is 20.4. The minimum atomic E-state index is -0.744. The summed E-state index contributed by atoms with van der Waals surface area (Å²) in [7, 11) is 0. The van der Waals surface area contributed by atoms with Gasteiger partial charge in [-0.25, -0.2) is 0 Å². The zero-order valence-electron chi connectivity index (χ0n) is 20.4. The van der Waals surface area contributed by atoms with Crippen LogP contribution in [0.5, 0.6) is 0 Å². The summed E-state index contributed by atoms with van der Waals surface area (Å²) in [5.41, 5.74) is 0. The van der Waals surface area contributed by atoms with E-state index in [1.165, 1.54) is 64.2 Å². The van der Waals surface area contributed by atoms with Crippen LogP contribution in [0.2, 0.25) is 0 Å².